The molecule has 0 spiro atoms. The number of carbonyl (C=O) groups is 2. The van der Waals surface area contributed by atoms with Crippen LogP contribution in [0.4, 0.5) is 4.39 Å². The molecular formula is C18H20FN5O2. The average Bonchev–Trinajstić information content (AvgIpc) is 3.33. The summed E-state index contributed by atoms with van der Waals surface area (Å²) in [5, 5.41) is 12.9. The van der Waals surface area contributed by atoms with Gasteiger partial charge in [-0.3, -0.25) is 14.7 Å². The largest absolute Gasteiger partial charge is 0.352 e. The van der Waals surface area contributed by atoms with E-state index in [2.05, 4.69) is 20.8 Å². The number of amides is 2. The number of nitrogens with one attached hydrogen (secondary N) is 3. The van der Waals surface area contributed by atoms with Crippen LogP contribution in [0.5, 0.6) is 0 Å². The highest BCUT2D eigenvalue weighted by Gasteiger charge is 2.36. The zero-order valence-corrected chi connectivity index (χ0v) is 14.2. The third-order valence-electron chi connectivity index (χ3n) is 4.71. The van der Waals surface area contributed by atoms with Crippen LogP contribution in [-0.2, 0) is 4.79 Å². The molecule has 1 atom stereocenters. The number of halogens is 1. The van der Waals surface area contributed by atoms with Gasteiger partial charge in [-0.2, -0.15) is 5.10 Å². The summed E-state index contributed by atoms with van der Waals surface area (Å²) in [6.45, 7) is 1.46. The summed E-state index contributed by atoms with van der Waals surface area (Å²) in [5.74, 6) is -0.807. The number of aromatic amines is 1. The molecule has 1 aromatic heterocycles. The van der Waals surface area contributed by atoms with E-state index in [1.807, 2.05) is 0 Å². The fourth-order valence-corrected chi connectivity index (χ4v) is 3.17. The van der Waals surface area contributed by atoms with Gasteiger partial charge >= 0.3 is 0 Å². The molecule has 1 aliphatic carbocycles. The number of rotatable bonds is 4. The van der Waals surface area contributed by atoms with E-state index in [9.17, 15) is 14.0 Å². The molecular weight excluding hydrogens is 337 g/mol. The van der Waals surface area contributed by atoms with Crippen LogP contribution >= 0.6 is 0 Å². The van der Waals surface area contributed by atoms with Crippen molar-refractivity contribution in [1.82, 2.24) is 25.7 Å². The molecule has 8 heteroatoms. The number of aromatic nitrogens is 2. The van der Waals surface area contributed by atoms with Crippen molar-refractivity contribution in [2.24, 2.45) is 0 Å². The Hall–Kier alpha value is -2.74. The quantitative estimate of drug-likeness (QED) is 0.759. The first-order chi connectivity index (χ1) is 12.6. The Labute approximate surface area is 150 Å². The highest BCUT2D eigenvalue weighted by Crippen LogP contribution is 2.24. The van der Waals surface area contributed by atoms with Crippen LogP contribution in [-0.4, -0.2) is 58.6 Å². The van der Waals surface area contributed by atoms with Crippen LogP contribution in [0.25, 0.3) is 11.3 Å². The summed E-state index contributed by atoms with van der Waals surface area (Å²) in [7, 11) is 0. The monoisotopic (exact) mass is 357 g/mol. The van der Waals surface area contributed by atoms with Gasteiger partial charge in [-0.1, -0.05) is 12.1 Å². The van der Waals surface area contributed by atoms with Crippen LogP contribution in [0, 0.1) is 5.82 Å². The molecule has 4 rings (SSSR count). The minimum absolute atomic E-state index is 0.135. The summed E-state index contributed by atoms with van der Waals surface area (Å²) < 4.78 is 13.6. The van der Waals surface area contributed by atoms with Crippen LogP contribution in [0.15, 0.2) is 30.5 Å². The highest BCUT2D eigenvalue weighted by atomic mass is 19.1. The van der Waals surface area contributed by atoms with Gasteiger partial charge in [0, 0.05) is 31.2 Å². The van der Waals surface area contributed by atoms with Gasteiger partial charge in [-0.25, -0.2) is 4.39 Å². The maximum Gasteiger partial charge on any atom is 0.258 e. The number of H-pyrrole nitrogens is 1. The fraction of sp³-hybridized carbons (Fsp3) is 0.389. The Morgan fingerprint density at radius 2 is 2.15 bits per heavy atom. The Morgan fingerprint density at radius 1 is 1.31 bits per heavy atom. The second-order valence-electron chi connectivity index (χ2n) is 6.67. The van der Waals surface area contributed by atoms with Crippen molar-refractivity contribution < 1.29 is 14.0 Å². The van der Waals surface area contributed by atoms with Crippen molar-refractivity contribution in [3.8, 4) is 11.3 Å². The summed E-state index contributed by atoms with van der Waals surface area (Å²) in [5.41, 5.74) is 1.33. The first-order valence-electron chi connectivity index (χ1n) is 8.75. The number of piperazine rings is 1. The molecule has 1 saturated heterocycles. The molecule has 0 radical (unpaired) electrons. The fourth-order valence-electron chi connectivity index (χ4n) is 3.17. The second kappa shape index (κ2) is 6.87. The van der Waals surface area contributed by atoms with Gasteiger partial charge in [0.1, 0.15) is 11.9 Å². The number of benzene rings is 1. The molecule has 2 amide bonds. The highest BCUT2D eigenvalue weighted by molar-refractivity contribution is 6.02. The van der Waals surface area contributed by atoms with Crippen LogP contribution < -0.4 is 10.6 Å². The van der Waals surface area contributed by atoms with E-state index in [0.717, 1.165) is 12.8 Å². The van der Waals surface area contributed by atoms with Crippen molar-refractivity contribution in [3.63, 3.8) is 0 Å². The number of hydrogen-bond acceptors (Lipinski definition) is 4. The lowest BCUT2D eigenvalue weighted by molar-refractivity contribution is -0.126. The lowest BCUT2D eigenvalue weighted by Crippen LogP contribution is -2.59. The minimum atomic E-state index is -0.563. The molecule has 2 heterocycles. The molecule has 1 aliphatic heterocycles. The molecule has 3 N–H and O–H groups in total. The van der Waals surface area contributed by atoms with Gasteiger partial charge in [-0.15, -0.1) is 0 Å². The minimum Gasteiger partial charge on any atom is -0.352 e. The van der Waals surface area contributed by atoms with E-state index in [1.165, 1.54) is 18.3 Å². The summed E-state index contributed by atoms with van der Waals surface area (Å²) in [4.78, 5) is 27.2. The third-order valence-corrected chi connectivity index (χ3v) is 4.71. The van der Waals surface area contributed by atoms with Gasteiger partial charge in [0.15, 0.2) is 0 Å². The van der Waals surface area contributed by atoms with Gasteiger partial charge in [-0.05, 0) is 25.0 Å². The molecule has 26 heavy (non-hydrogen) atoms. The second-order valence-corrected chi connectivity index (χ2v) is 6.67. The van der Waals surface area contributed by atoms with Gasteiger partial charge in [0.25, 0.3) is 5.91 Å². The Kier molecular flexibility index (Phi) is 4.42. The van der Waals surface area contributed by atoms with E-state index < -0.39 is 6.04 Å². The SMILES string of the molecule is O=C(NC1CC1)[C@H]1CNCCN1C(=O)c1cn[nH]c1-c1cccc(F)c1. The number of carbonyl (C=O) groups excluding carboxylic acids is 2. The van der Waals surface area contributed by atoms with Crippen molar-refractivity contribution in [2.45, 2.75) is 24.9 Å². The lowest BCUT2D eigenvalue weighted by atomic mass is 10.1. The smallest absolute Gasteiger partial charge is 0.258 e. The Morgan fingerprint density at radius 3 is 2.92 bits per heavy atom. The van der Waals surface area contributed by atoms with Crippen LogP contribution in [0.1, 0.15) is 23.2 Å². The van der Waals surface area contributed by atoms with E-state index in [4.69, 9.17) is 0 Å². The van der Waals surface area contributed by atoms with Gasteiger partial charge < -0.3 is 15.5 Å². The standard InChI is InChI=1S/C18H20FN5O2/c19-12-3-1-2-11(8-12)16-14(9-21-23-16)18(26)24-7-6-20-10-15(24)17(25)22-13-4-5-13/h1-3,8-9,13,15,20H,4-7,10H2,(H,21,23)(H,22,25)/t15-/m1/s1. The molecule has 136 valence electrons. The molecule has 1 aromatic carbocycles. The summed E-state index contributed by atoms with van der Waals surface area (Å²) >= 11 is 0. The average molecular weight is 357 g/mol. The first kappa shape index (κ1) is 16.7. The molecule has 0 bridgehead atoms. The van der Waals surface area contributed by atoms with Crippen molar-refractivity contribution in [2.75, 3.05) is 19.6 Å². The molecule has 7 nitrogen and oxygen atoms in total. The summed E-state index contributed by atoms with van der Waals surface area (Å²) in [6, 6.07) is 5.65. The molecule has 2 aromatic rings. The predicted molar refractivity (Wildman–Crippen MR) is 92.8 cm³/mol. The van der Waals surface area contributed by atoms with E-state index in [0.29, 0.717) is 36.5 Å². The van der Waals surface area contributed by atoms with Crippen molar-refractivity contribution in [1.29, 1.82) is 0 Å². The van der Waals surface area contributed by atoms with Crippen molar-refractivity contribution >= 4 is 11.8 Å². The molecule has 2 fully saturated rings. The molecule has 2 aliphatic rings. The number of hydrogen-bond donors (Lipinski definition) is 3. The number of nitrogens with zero attached hydrogens (tertiary/aromatic N) is 2. The first-order valence-corrected chi connectivity index (χ1v) is 8.75. The Balaban J connectivity index is 1.60. The zero-order chi connectivity index (χ0) is 18.1. The maximum absolute atomic E-state index is 13.6. The van der Waals surface area contributed by atoms with E-state index >= 15 is 0 Å². The predicted octanol–water partition coefficient (Wildman–Crippen LogP) is 0.908. The summed E-state index contributed by atoms with van der Waals surface area (Å²) in [6.07, 6.45) is 3.41. The van der Waals surface area contributed by atoms with Crippen molar-refractivity contribution in [3.05, 3.63) is 41.8 Å². The van der Waals surface area contributed by atoms with E-state index in [1.54, 1.807) is 17.0 Å². The van der Waals surface area contributed by atoms with E-state index in [-0.39, 0.29) is 23.7 Å². The zero-order valence-electron chi connectivity index (χ0n) is 14.2. The van der Waals surface area contributed by atoms with Crippen LogP contribution in [0.3, 0.4) is 0 Å². The molecule has 0 unspecified atom stereocenters. The van der Waals surface area contributed by atoms with Crippen LogP contribution in [0.2, 0.25) is 0 Å². The molecule has 1 saturated carbocycles. The lowest BCUT2D eigenvalue weighted by Gasteiger charge is -2.35. The van der Waals surface area contributed by atoms with Gasteiger partial charge in [0.05, 0.1) is 17.5 Å². The topological polar surface area (TPSA) is 90.1 Å². The van der Waals surface area contributed by atoms with Gasteiger partial charge in [0.2, 0.25) is 5.91 Å². The maximum atomic E-state index is 13.6. The normalized spacial score (nSPS) is 20.0. The third kappa shape index (κ3) is 3.32. The Bertz CT molecular complexity index is 832.